The maximum absolute atomic E-state index is 9.38. The average Bonchev–Trinajstić information content (AvgIpc) is 2.17. The van der Waals surface area contributed by atoms with Gasteiger partial charge in [0.15, 0.2) is 5.84 Å². The number of hydrogen-bond acceptors (Lipinski definition) is 5. The number of nitrogens with zero attached hydrogens (tertiary/aromatic N) is 2. The Morgan fingerprint density at radius 3 is 2.47 bits per heavy atom. The molecule has 0 bridgehead atoms. The predicted octanol–water partition coefficient (Wildman–Crippen LogP) is 0.769. The SMILES string of the molecule is N=C(N=NN)C(=N)c1ccc(O)cc1O. The van der Waals surface area contributed by atoms with Gasteiger partial charge in [-0.15, -0.1) is 5.11 Å². The van der Waals surface area contributed by atoms with Crippen molar-refractivity contribution in [3.63, 3.8) is 0 Å². The van der Waals surface area contributed by atoms with Gasteiger partial charge in [0.05, 0.1) is 0 Å². The van der Waals surface area contributed by atoms with Crippen LogP contribution in [0.3, 0.4) is 0 Å². The van der Waals surface area contributed by atoms with E-state index >= 15 is 0 Å². The van der Waals surface area contributed by atoms with E-state index in [2.05, 4.69) is 10.3 Å². The van der Waals surface area contributed by atoms with Crippen molar-refractivity contribution in [2.24, 2.45) is 16.2 Å². The summed E-state index contributed by atoms with van der Waals surface area (Å²) in [6.45, 7) is 0. The molecule has 0 saturated heterocycles. The third kappa shape index (κ3) is 2.27. The average molecular weight is 207 g/mol. The fourth-order valence-corrected chi connectivity index (χ4v) is 0.967. The van der Waals surface area contributed by atoms with Crippen molar-refractivity contribution >= 4 is 11.5 Å². The van der Waals surface area contributed by atoms with Crippen LogP contribution in [0.4, 0.5) is 0 Å². The Morgan fingerprint density at radius 2 is 1.93 bits per heavy atom. The highest BCUT2D eigenvalue weighted by atomic mass is 16.3. The van der Waals surface area contributed by atoms with Crippen LogP contribution in [0.15, 0.2) is 28.5 Å². The normalized spacial score (nSPS) is 10.4. The lowest BCUT2D eigenvalue weighted by Gasteiger charge is -2.04. The van der Waals surface area contributed by atoms with Gasteiger partial charge in [-0.05, 0) is 12.1 Å². The van der Waals surface area contributed by atoms with Gasteiger partial charge in [-0.1, -0.05) is 5.22 Å². The molecule has 6 N–H and O–H groups in total. The third-order valence-corrected chi connectivity index (χ3v) is 1.65. The molecule has 0 heterocycles. The van der Waals surface area contributed by atoms with E-state index < -0.39 is 5.84 Å². The Morgan fingerprint density at radius 1 is 1.27 bits per heavy atom. The molecular weight excluding hydrogens is 198 g/mol. The predicted molar refractivity (Wildman–Crippen MR) is 53.4 cm³/mol. The minimum absolute atomic E-state index is 0.0743. The van der Waals surface area contributed by atoms with E-state index in [1.807, 2.05) is 0 Å². The van der Waals surface area contributed by atoms with E-state index in [1.54, 1.807) is 0 Å². The van der Waals surface area contributed by atoms with Crippen LogP contribution < -0.4 is 5.84 Å². The lowest BCUT2D eigenvalue weighted by molar-refractivity contribution is 0.450. The molecule has 0 aliphatic rings. The smallest absolute Gasteiger partial charge is 0.194 e. The molecule has 0 saturated carbocycles. The summed E-state index contributed by atoms with van der Waals surface area (Å²) in [5.41, 5.74) is -0.257. The van der Waals surface area contributed by atoms with Gasteiger partial charge in [-0.2, -0.15) is 0 Å². The first-order valence-electron chi connectivity index (χ1n) is 3.87. The zero-order valence-corrected chi connectivity index (χ0v) is 7.60. The molecule has 7 heteroatoms. The maximum atomic E-state index is 9.38. The van der Waals surface area contributed by atoms with E-state index in [-0.39, 0.29) is 22.8 Å². The van der Waals surface area contributed by atoms with Crippen molar-refractivity contribution in [3.8, 4) is 11.5 Å². The van der Waals surface area contributed by atoms with Gasteiger partial charge >= 0.3 is 0 Å². The quantitative estimate of drug-likeness (QED) is 0.161. The Hall–Kier alpha value is -2.44. The van der Waals surface area contributed by atoms with Crippen molar-refractivity contribution in [1.29, 1.82) is 10.8 Å². The number of aromatic hydroxyl groups is 2. The van der Waals surface area contributed by atoms with Crippen molar-refractivity contribution in [1.82, 2.24) is 0 Å². The summed E-state index contributed by atoms with van der Waals surface area (Å²) in [7, 11) is 0. The lowest BCUT2D eigenvalue weighted by Crippen LogP contribution is -2.10. The van der Waals surface area contributed by atoms with Crippen molar-refractivity contribution in [2.75, 3.05) is 0 Å². The fraction of sp³-hybridized carbons (Fsp3) is 0. The first-order chi connectivity index (χ1) is 7.06. The van der Waals surface area contributed by atoms with E-state index in [0.717, 1.165) is 6.07 Å². The van der Waals surface area contributed by atoms with Gasteiger partial charge in [0.1, 0.15) is 17.2 Å². The largest absolute Gasteiger partial charge is 0.508 e. The van der Waals surface area contributed by atoms with Crippen LogP contribution >= 0.6 is 0 Å². The number of nitrogens with two attached hydrogens (primary N) is 1. The molecule has 7 nitrogen and oxygen atoms in total. The second kappa shape index (κ2) is 4.18. The molecule has 15 heavy (non-hydrogen) atoms. The van der Waals surface area contributed by atoms with Crippen LogP contribution in [0.1, 0.15) is 5.56 Å². The summed E-state index contributed by atoms with van der Waals surface area (Å²) >= 11 is 0. The molecule has 1 rings (SSSR count). The minimum atomic E-state index is -0.474. The van der Waals surface area contributed by atoms with Gasteiger partial charge in [-0.3, -0.25) is 10.8 Å². The van der Waals surface area contributed by atoms with Crippen molar-refractivity contribution in [3.05, 3.63) is 23.8 Å². The van der Waals surface area contributed by atoms with E-state index in [0.29, 0.717) is 0 Å². The Bertz CT molecular complexity index is 441. The van der Waals surface area contributed by atoms with Crippen molar-refractivity contribution in [2.45, 2.75) is 0 Å². The molecular formula is C8H9N5O2. The van der Waals surface area contributed by atoms with Crippen LogP contribution in [0.2, 0.25) is 0 Å². The first-order valence-corrected chi connectivity index (χ1v) is 3.87. The maximum Gasteiger partial charge on any atom is 0.194 e. The molecule has 1 aromatic carbocycles. The van der Waals surface area contributed by atoms with Crippen LogP contribution in [0.5, 0.6) is 11.5 Å². The standard InChI is InChI=1S/C8H9N5O2/c9-7(8(10)12-13-11)5-2-1-4(14)3-6(5)15/h1-3,9,14-15H,(H3,10,11,12). The number of nitrogens with one attached hydrogen (secondary N) is 2. The zero-order chi connectivity index (χ0) is 11.4. The first kappa shape index (κ1) is 10.6. The molecule has 0 aliphatic carbocycles. The fourth-order valence-electron chi connectivity index (χ4n) is 0.967. The molecule has 0 aromatic heterocycles. The van der Waals surface area contributed by atoms with Crippen molar-refractivity contribution < 1.29 is 10.2 Å². The van der Waals surface area contributed by atoms with Crippen LogP contribution in [0.25, 0.3) is 0 Å². The Labute approximate surface area is 84.9 Å². The van der Waals surface area contributed by atoms with Gasteiger partial charge in [0, 0.05) is 11.6 Å². The topological polar surface area (TPSA) is 139 Å². The minimum Gasteiger partial charge on any atom is -0.508 e. The van der Waals surface area contributed by atoms with Gasteiger partial charge < -0.3 is 16.1 Å². The van der Waals surface area contributed by atoms with Crippen LogP contribution in [-0.4, -0.2) is 21.8 Å². The second-order valence-corrected chi connectivity index (χ2v) is 2.64. The summed E-state index contributed by atoms with van der Waals surface area (Å²) in [5.74, 6) is 3.82. The number of phenolic OH excluding ortho intramolecular Hbond substituents is 2. The van der Waals surface area contributed by atoms with E-state index in [1.165, 1.54) is 12.1 Å². The highest BCUT2D eigenvalue weighted by Crippen LogP contribution is 2.23. The van der Waals surface area contributed by atoms with E-state index in [4.69, 9.17) is 21.8 Å². The Balaban J connectivity index is 3.07. The van der Waals surface area contributed by atoms with Gasteiger partial charge in [0.2, 0.25) is 0 Å². The molecule has 0 spiro atoms. The van der Waals surface area contributed by atoms with Gasteiger partial charge in [-0.25, -0.2) is 0 Å². The number of benzene rings is 1. The molecule has 0 fully saturated rings. The number of hydrogen-bond donors (Lipinski definition) is 5. The monoisotopic (exact) mass is 207 g/mol. The molecule has 0 radical (unpaired) electrons. The summed E-state index contributed by atoms with van der Waals surface area (Å²) in [6, 6.07) is 3.65. The van der Waals surface area contributed by atoms with E-state index in [9.17, 15) is 5.11 Å². The second-order valence-electron chi connectivity index (χ2n) is 2.64. The Kier molecular flexibility index (Phi) is 2.97. The summed E-state index contributed by atoms with van der Waals surface area (Å²) in [5, 5.41) is 39.1. The number of rotatable bonds is 2. The third-order valence-electron chi connectivity index (χ3n) is 1.65. The number of amidine groups is 1. The van der Waals surface area contributed by atoms with Crippen LogP contribution in [-0.2, 0) is 0 Å². The summed E-state index contributed by atoms with van der Waals surface area (Å²) in [4.78, 5) is 0. The molecule has 0 aliphatic heterocycles. The summed E-state index contributed by atoms with van der Waals surface area (Å²) < 4.78 is 0. The molecule has 78 valence electrons. The number of phenols is 2. The van der Waals surface area contributed by atoms with Crippen LogP contribution in [0, 0.1) is 10.8 Å². The molecule has 0 unspecified atom stereocenters. The highest BCUT2D eigenvalue weighted by molar-refractivity contribution is 6.46. The lowest BCUT2D eigenvalue weighted by atomic mass is 10.1. The summed E-state index contributed by atoms with van der Waals surface area (Å²) in [6.07, 6.45) is 0. The zero-order valence-electron chi connectivity index (χ0n) is 7.60. The molecule has 1 aromatic rings. The highest BCUT2D eigenvalue weighted by Gasteiger charge is 2.12. The van der Waals surface area contributed by atoms with Gasteiger partial charge in [0.25, 0.3) is 0 Å². The molecule has 0 atom stereocenters. The molecule has 0 amide bonds.